The van der Waals surface area contributed by atoms with Crippen LogP contribution >= 0.6 is 0 Å². The molecule has 18 heavy (non-hydrogen) atoms. The first-order chi connectivity index (χ1) is 8.53. The summed E-state index contributed by atoms with van der Waals surface area (Å²) in [6.45, 7) is 1.73. The van der Waals surface area contributed by atoms with E-state index >= 15 is 0 Å². The number of hydrogen-bond donors (Lipinski definition) is 3. The molecule has 1 fully saturated rings. The molecule has 3 N–H and O–H groups in total. The second kappa shape index (κ2) is 7.07. The zero-order chi connectivity index (χ0) is 13.6. The van der Waals surface area contributed by atoms with Gasteiger partial charge in [0.05, 0.1) is 6.61 Å². The number of nitrogens with zero attached hydrogens (tertiary/aromatic N) is 1. The average molecular weight is 257 g/mol. The summed E-state index contributed by atoms with van der Waals surface area (Å²) in [6.07, 6.45) is 3.45. The van der Waals surface area contributed by atoms with Crippen molar-refractivity contribution in [3.8, 4) is 0 Å². The van der Waals surface area contributed by atoms with E-state index in [0.29, 0.717) is 6.54 Å². The molecular formula is C13H27N3O2. The molecule has 1 aliphatic carbocycles. The van der Waals surface area contributed by atoms with E-state index < -0.39 is 0 Å². The molecule has 1 rings (SSSR count). The van der Waals surface area contributed by atoms with Gasteiger partial charge in [0.2, 0.25) is 5.91 Å². The molecule has 1 saturated carbocycles. The van der Waals surface area contributed by atoms with Crippen LogP contribution in [0.4, 0.5) is 0 Å². The molecule has 0 radical (unpaired) electrons. The van der Waals surface area contributed by atoms with Crippen LogP contribution in [0.1, 0.15) is 25.7 Å². The Bertz CT molecular complexity index is 255. The van der Waals surface area contributed by atoms with Crippen LogP contribution < -0.4 is 10.6 Å². The van der Waals surface area contributed by atoms with Crippen LogP contribution in [0.25, 0.3) is 0 Å². The highest BCUT2D eigenvalue weighted by Gasteiger charge is 2.35. The number of nitrogens with one attached hydrogen (secondary N) is 2. The quantitative estimate of drug-likeness (QED) is 0.617. The Morgan fingerprint density at radius 2 is 2.00 bits per heavy atom. The second-order valence-corrected chi connectivity index (χ2v) is 5.56. The number of aliphatic hydroxyl groups excluding tert-OH is 1. The van der Waals surface area contributed by atoms with Crippen molar-refractivity contribution in [2.45, 2.75) is 31.2 Å². The summed E-state index contributed by atoms with van der Waals surface area (Å²) in [4.78, 5) is 14.0. The smallest absolute Gasteiger partial charge is 0.223 e. The highest BCUT2D eigenvalue weighted by Crippen LogP contribution is 2.31. The largest absolute Gasteiger partial charge is 0.394 e. The number of carbonyl (C=O) groups is 1. The fourth-order valence-electron chi connectivity index (χ4n) is 2.47. The molecule has 0 unspecified atom stereocenters. The Kier molecular flexibility index (Phi) is 6.05. The van der Waals surface area contributed by atoms with Crippen molar-refractivity contribution >= 4 is 5.91 Å². The first kappa shape index (κ1) is 15.4. The SMILES string of the molecule is CNC1(CO)CCC(C(=O)NCCN(C)C)CC1. The minimum Gasteiger partial charge on any atom is -0.394 e. The minimum absolute atomic E-state index is 0.111. The van der Waals surface area contributed by atoms with E-state index in [1.54, 1.807) is 0 Å². The van der Waals surface area contributed by atoms with Gasteiger partial charge in [-0.2, -0.15) is 0 Å². The van der Waals surface area contributed by atoms with Crippen LogP contribution in [0.15, 0.2) is 0 Å². The van der Waals surface area contributed by atoms with Gasteiger partial charge in [-0.25, -0.2) is 0 Å². The molecule has 0 bridgehead atoms. The number of carbonyl (C=O) groups excluding carboxylic acids is 1. The molecule has 0 aromatic rings. The third-order valence-corrected chi connectivity index (χ3v) is 4.00. The fourth-order valence-corrected chi connectivity index (χ4v) is 2.47. The summed E-state index contributed by atoms with van der Waals surface area (Å²) in [5.41, 5.74) is -0.166. The van der Waals surface area contributed by atoms with Gasteiger partial charge in [0.1, 0.15) is 0 Å². The number of hydrogen-bond acceptors (Lipinski definition) is 4. The zero-order valence-corrected chi connectivity index (χ0v) is 11.8. The molecule has 0 aromatic carbocycles. The number of likely N-dealkylation sites (N-methyl/N-ethyl adjacent to an activating group) is 2. The topological polar surface area (TPSA) is 64.6 Å². The highest BCUT2D eigenvalue weighted by atomic mass is 16.3. The van der Waals surface area contributed by atoms with Crippen LogP contribution in [0.2, 0.25) is 0 Å². The van der Waals surface area contributed by atoms with E-state index in [-0.39, 0.29) is 24.0 Å². The van der Waals surface area contributed by atoms with Crippen molar-refractivity contribution < 1.29 is 9.90 Å². The van der Waals surface area contributed by atoms with Crippen molar-refractivity contribution in [3.05, 3.63) is 0 Å². The van der Waals surface area contributed by atoms with Crippen LogP contribution in [-0.2, 0) is 4.79 Å². The molecule has 1 amide bonds. The number of aliphatic hydroxyl groups is 1. The van der Waals surface area contributed by atoms with Gasteiger partial charge in [-0.15, -0.1) is 0 Å². The van der Waals surface area contributed by atoms with Gasteiger partial charge in [0, 0.05) is 24.5 Å². The lowest BCUT2D eigenvalue weighted by atomic mass is 9.76. The molecule has 5 nitrogen and oxygen atoms in total. The second-order valence-electron chi connectivity index (χ2n) is 5.56. The molecule has 0 heterocycles. The van der Waals surface area contributed by atoms with Crippen LogP contribution in [0, 0.1) is 5.92 Å². The normalized spacial score (nSPS) is 28.4. The van der Waals surface area contributed by atoms with Crippen molar-refractivity contribution in [2.24, 2.45) is 5.92 Å². The third-order valence-electron chi connectivity index (χ3n) is 4.00. The van der Waals surface area contributed by atoms with Crippen LogP contribution in [-0.4, -0.2) is 62.3 Å². The van der Waals surface area contributed by atoms with Crippen molar-refractivity contribution in [1.29, 1.82) is 0 Å². The lowest BCUT2D eigenvalue weighted by Gasteiger charge is -2.38. The van der Waals surface area contributed by atoms with Gasteiger partial charge in [0.25, 0.3) is 0 Å². The fraction of sp³-hybridized carbons (Fsp3) is 0.923. The Morgan fingerprint density at radius 3 is 2.44 bits per heavy atom. The third kappa shape index (κ3) is 4.23. The lowest BCUT2D eigenvalue weighted by Crippen LogP contribution is -2.50. The maximum Gasteiger partial charge on any atom is 0.223 e. The summed E-state index contributed by atoms with van der Waals surface area (Å²) < 4.78 is 0. The monoisotopic (exact) mass is 257 g/mol. The molecule has 0 spiro atoms. The average Bonchev–Trinajstić information content (AvgIpc) is 2.38. The molecule has 0 aliphatic heterocycles. The van der Waals surface area contributed by atoms with Gasteiger partial charge < -0.3 is 20.6 Å². The molecule has 0 saturated heterocycles. The standard InChI is InChI=1S/C13H27N3O2/c1-14-13(10-17)6-4-11(5-7-13)12(18)15-8-9-16(2)3/h11,14,17H,4-10H2,1-3H3,(H,15,18). The molecule has 1 aliphatic rings. The first-order valence-corrected chi connectivity index (χ1v) is 6.75. The van der Waals surface area contributed by atoms with E-state index in [4.69, 9.17) is 0 Å². The van der Waals surface area contributed by atoms with Crippen molar-refractivity contribution in [2.75, 3.05) is 40.8 Å². The van der Waals surface area contributed by atoms with E-state index in [9.17, 15) is 9.90 Å². The summed E-state index contributed by atoms with van der Waals surface area (Å²) in [5, 5.41) is 15.6. The predicted octanol–water partition coefficient (Wildman–Crippen LogP) is -0.195. The lowest BCUT2D eigenvalue weighted by molar-refractivity contribution is -0.126. The van der Waals surface area contributed by atoms with E-state index in [1.807, 2.05) is 21.1 Å². The van der Waals surface area contributed by atoms with Gasteiger partial charge in [0.15, 0.2) is 0 Å². The number of amides is 1. The van der Waals surface area contributed by atoms with E-state index in [0.717, 1.165) is 32.2 Å². The van der Waals surface area contributed by atoms with Crippen LogP contribution in [0.3, 0.4) is 0 Å². The van der Waals surface area contributed by atoms with Gasteiger partial charge >= 0.3 is 0 Å². The van der Waals surface area contributed by atoms with Crippen LogP contribution in [0.5, 0.6) is 0 Å². The maximum absolute atomic E-state index is 12.0. The summed E-state index contributed by atoms with van der Waals surface area (Å²) in [7, 11) is 5.87. The Hall–Kier alpha value is -0.650. The highest BCUT2D eigenvalue weighted by molar-refractivity contribution is 5.78. The number of rotatable bonds is 6. The summed E-state index contributed by atoms with van der Waals surface area (Å²) in [5.74, 6) is 0.277. The van der Waals surface area contributed by atoms with E-state index in [2.05, 4.69) is 15.5 Å². The van der Waals surface area contributed by atoms with Crippen molar-refractivity contribution in [1.82, 2.24) is 15.5 Å². The summed E-state index contributed by atoms with van der Waals surface area (Å²) in [6, 6.07) is 0. The summed E-state index contributed by atoms with van der Waals surface area (Å²) >= 11 is 0. The van der Waals surface area contributed by atoms with Gasteiger partial charge in [-0.3, -0.25) is 4.79 Å². The molecule has 5 heteroatoms. The Balaban J connectivity index is 2.31. The maximum atomic E-state index is 12.0. The predicted molar refractivity (Wildman–Crippen MR) is 72.4 cm³/mol. The van der Waals surface area contributed by atoms with Gasteiger partial charge in [-0.1, -0.05) is 0 Å². The van der Waals surface area contributed by atoms with Gasteiger partial charge in [-0.05, 0) is 46.8 Å². The van der Waals surface area contributed by atoms with Crippen molar-refractivity contribution in [3.63, 3.8) is 0 Å². The Morgan fingerprint density at radius 1 is 1.39 bits per heavy atom. The zero-order valence-electron chi connectivity index (χ0n) is 11.8. The first-order valence-electron chi connectivity index (χ1n) is 6.75. The molecule has 0 aromatic heterocycles. The molecule has 0 atom stereocenters. The minimum atomic E-state index is -0.166. The van der Waals surface area contributed by atoms with E-state index in [1.165, 1.54) is 0 Å². The molecular weight excluding hydrogens is 230 g/mol. The molecule has 106 valence electrons. The Labute approximate surface area is 110 Å².